The first-order chi connectivity index (χ1) is 18.9. The summed E-state index contributed by atoms with van der Waals surface area (Å²) in [7, 11) is 0. The second kappa shape index (κ2) is 11.1. The Kier molecular flexibility index (Phi) is 7.80. The third-order valence-corrected chi connectivity index (χ3v) is 6.52. The molecule has 2 aromatic heterocycles. The van der Waals surface area contributed by atoms with Crippen LogP contribution in [0.2, 0.25) is 0 Å². The van der Waals surface area contributed by atoms with E-state index < -0.39 is 46.8 Å². The largest absolute Gasteiger partial charge is 0.492 e. The highest BCUT2D eigenvalue weighted by Gasteiger charge is 2.34. The van der Waals surface area contributed by atoms with Crippen molar-refractivity contribution < 1.29 is 23.5 Å². The zero-order chi connectivity index (χ0) is 29.2. The number of aromatic hydroxyl groups is 1. The molecule has 2 heterocycles. The highest BCUT2D eigenvalue weighted by molar-refractivity contribution is 5.98. The van der Waals surface area contributed by atoms with Gasteiger partial charge >= 0.3 is 0 Å². The predicted octanol–water partition coefficient (Wildman–Crippen LogP) is 3.07. The summed E-state index contributed by atoms with van der Waals surface area (Å²) < 4.78 is 20.1. The van der Waals surface area contributed by atoms with Crippen molar-refractivity contribution in [1.29, 1.82) is 0 Å². The maximum atomic E-state index is 13.4. The number of rotatable bonds is 9. The van der Waals surface area contributed by atoms with E-state index in [1.807, 2.05) is 0 Å². The van der Waals surface area contributed by atoms with Gasteiger partial charge in [0.1, 0.15) is 18.2 Å². The SMILES string of the molecule is CC(C)[C@H](NC(=O)Cn1c(-c2ccccc2)nc(O)c(N)c1=O)C(=O)c1nnc(C(C)(C)c2ccc(F)cc2)o1. The molecule has 4 aromatic rings. The Morgan fingerprint density at radius 2 is 1.75 bits per heavy atom. The van der Waals surface area contributed by atoms with Gasteiger partial charge in [-0.15, -0.1) is 10.2 Å². The van der Waals surface area contributed by atoms with E-state index in [2.05, 4.69) is 20.5 Å². The highest BCUT2D eigenvalue weighted by Crippen LogP contribution is 2.31. The average molecular weight is 549 g/mol. The standard InChI is InChI=1S/C28H29FN6O5/c1-15(2)21(22(37)25-33-34-27(40-25)28(3,4)17-10-12-18(29)13-11-17)31-19(36)14-35-23(16-8-6-5-7-9-16)32-24(38)20(30)26(35)39/h5-13,15,21,38H,14,30H2,1-4H3,(H,31,36)/t21-/m0/s1. The molecule has 40 heavy (non-hydrogen) atoms. The van der Waals surface area contributed by atoms with Crippen LogP contribution in [0.3, 0.4) is 0 Å². The summed E-state index contributed by atoms with van der Waals surface area (Å²) in [4.78, 5) is 43.3. The number of carbonyl (C=O) groups is 2. The molecule has 208 valence electrons. The Hall–Kier alpha value is -4.87. The topological polar surface area (TPSA) is 166 Å². The van der Waals surface area contributed by atoms with Crippen molar-refractivity contribution in [2.75, 3.05) is 5.73 Å². The van der Waals surface area contributed by atoms with E-state index in [9.17, 15) is 23.9 Å². The molecule has 11 nitrogen and oxygen atoms in total. The molecule has 0 radical (unpaired) electrons. The maximum absolute atomic E-state index is 13.4. The van der Waals surface area contributed by atoms with Crippen LogP contribution in [0.5, 0.6) is 5.88 Å². The van der Waals surface area contributed by atoms with Gasteiger partial charge in [0.05, 0.1) is 11.5 Å². The number of nitrogens with zero attached hydrogens (tertiary/aromatic N) is 4. The van der Waals surface area contributed by atoms with Crippen molar-refractivity contribution in [3.63, 3.8) is 0 Å². The van der Waals surface area contributed by atoms with Gasteiger partial charge < -0.3 is 20.6 Å². The van der Waals surface area contributed by atoms with Crippen molar-refractivity contribution in [3.8, 4) is 17.3 Å². The van der Waals surface area contributed by atoms with E-state index in [0.717, 1.165) is 4.57 Å². The number of nitrogens with two attached hydrogens (primary N) is 1. The van der Waals surface area contributed by atoms with Gasteiger partial charge in [-0.25, -0.2) is 4.39 Å². The third-order valence-electron chi connectivity index (χ3n) is 6.52. The molecule has 0 aliphatic carbocycles. The van der Waals surface area contributed by atoms with E-state index in [1.165, 1.54) is 12.1 Å². The van der Waals surface area contributed by atoms with Crippen molar-refractivity contribution in [2.45, 2.75) is 45.7 Å². The average Bonchev–Trinajstić information content (AvgIpc) is 3.44. The molecular weight excluding hydrogens is 519 g/mol. The maximum Gasteiger partial charge on any atom is 0.286 e. The summed E-state index contributed by atoms with van der Waals surface area (Å²) in [6.45, 7) is 6.52. The van der Waals surface area contributed by atoms with Crippen LogP contribution in [0.15, 0.2) is 63.8 Å². The number of hydrogen-bond acceptors (Lipinski definition) is 9. The number of nitrogen functional groups attached to an aromatic ring is 1. The second-order valence-corrected chi connectivity index (χ2v) is 10.1. The van der Waals surface area contributed by atoms with Gasteiger partial charge in [0.2, 0.25) is 23.5 Å². The van der Waals surface area contributed by atoms with Crippen LogP contribution in [0.4, 0.5) is 10.1 Å². The smallest absolute Gasteiger partial charge is 0.286 e. The lowest BCUT2D eigenvalue weighted by Gasteiger charge is -2.21. The van der Waals surface area contributed by atoms with Crippen LogP contribution in [-0.4, -0.2) is 42.6 Å². The number of benzene rings is 2. The molecule has 1 atom stereocenters. The molecule has 4 N–H and O–H groups in total. The molecule has 0 fully saturated rings. The van der Waals surface area contributed by atoms with Crippen molar-refractivity contribution in [3.05, 3.63) is 88.1 Å². The van der Waals surface area contributed by atoms with Crippen molar-refractivity contribution in [1.82, 2.24) is 25.1 Å². The summed E-state index contributed by atoms with van der Waals surface area (Å²) in [6, 6.07) is 13.3. The Balaban J connectivity index is 1.58. The van der Waals surface area contributed by atoms with Crippen LogP contribution in [0.1, 0.15) is 49.8 Å². The fourth-order valence-corrected chi connectivity index (χ4v) is 4.11. The number of amides is 1. The van der Waals surface area contributed by atoms with E-state index in [0.29, 0.717) is 11.1 Å². The fourth-order valence-electron chi connectivity index (χ4n) is 4.11. The van der Waals surface area contributed by atoms with Gasteiger partial charge in [-0.3, -0.25) is 19.0 Å². The molecule has 0 spiro atoms. The van der Waals surface area contributed by atoms with E-state index in [4.69, 9.17) is 10.2 Å². The quantitative estimate of drug-likeness (QED) is 0.266. The zero-order valence-corrected chi connectivity index (χ0v) is 22.4. The second-order valence-electron chi connectivity index (χ2n) is 10.1. The lowest BCUT2D eigenvalue weighted by Crippen LogP contribution is -2.46. The van der Waals surface area contributed by atoms with Gasteiger partial charge in [-0.2, -0.15) is 4.98 Å². The number of Topliss-reactive ketones (excluding diaryl/α,β-unsaturated/α-hetero) is 1. The van der Waals surface area contributed by atoms with E-state index >= 15 is 0 Å². The Morgan fingerprint density at radius 3 is 2.38 bits per heavy atom. The number of ketones is 1. The summed E-state index contributed by atoms with van der Waals surface area (Å²) in [5.41, 5.74) is 4.72. The molecule has 0 aliphatic rings. The van der Waals surface area contributed by atoms with Gasteiger partial charge in [0.15, 0.2) is 5.69 Å². The third kappa shape index (κ3) is 5.60. The Bertz CT molecular complexity index is 1600. The van der Waals surface area contributed by atoms with E-state index in [-0.39, 0.29) is 29.3 Å². The summed E-state index contributed by atoms with van der Waals surface area (Å²) in [5.74, 6) is -2.84. The number of halogens is 1. The van der Waals surface area contributed by atoms with Crippen LogP contribution in [0.25, 0.3) is 11.4 Å². The first-order valence-corrected chi connectivity index (χ1v) is 12.5. The lowest BCUT2D eigenvalue weighted by atomic mass is 9.84. The molecule has 0 saturated carbocycles. The summed E-state index contributed by atoms with van der Waals surface area (Å²) >= 11 is 0. The molecule has 4 rings (SSSR count). The van der Waals surface area contributed by atoms with Crippen LogP contribution in [-0.2, 0) is 16.8 Å². The molecule has 0 aliphatic heterocycles. The predicted molar refractivity (Wildman–Crippen MR) is 144 cm³/mol. The lowest BCUT2D eigenvalue weighted by molar-refractivity contribution is -0.122. The fraction of sp³-hybridized carbons (Fsp3) is 0.286. The monoisotopic (exact) mass is 548 g/mol. The minimum atomic E-state index is -1.06. The minimum absolute atomic E-state index is 0.0319. The summed E-state index contributed by atoms with van der Waals surface area (Å²) in [6.07, 6.45) is 0. The van der Waals surface area contributed by atoms with Gasteiger partial charge in [-0.05, 0) is 37.5 Å². The number of anilines is 1. The molecule has 0 unspecified atom stereocenters. The van der Waals surface area contributed by atoms with Crippen LogP contribution in [0, 0.1) is 11.7 Å². The molecule has 0 saturated heterocycles. The minimum Gasteiger partial charge on any atom is -0.492 e. The Morgan fingerprint density at radius 1 is 1.10 bits per heavy atom. The first kappa shape index (κ1) is 28.1. The van der Waals surface area contributed by atoms with Crippen LogP contribution >= 0.6 is 0 Å². The molecular formula is C28H29FN6O5. The highest BCUT2D eigenvalue weighted by atomic mass is 19.1. The zero-order valence-electron chi connectivity index (χ0n) is 22.4. The van der Waals surface area contributed by atoms with Gasteiger partial charge in [-0.1, -0.05) is 56.3 Å². The van der Waals surface area contributed by atoms with Gasteiger partial charge in [0.25, 0.3) is 11.4 Å². The van der Waals surface area contributed by atoms with E-state index in [1.54, 1.807) is 70.2 Å². The number of aromatic nitrogens is 4. The van der Waals surface area contributed by atoms with Crippen molar-refractivity contribution >= 4 is 17.4 Å². The van der Waals surface area contributed by atoms with Crippen LogP contribution < -0.4 is 16.6 Å². The molecule has 2 aromatic carbocycles. The Labute approximate surface area is 228 Å². The van der Waals surface area contributed by atoms with Crippen molar-refractivity contribution in [2.24, 2.45) is 5.92 Å². The first-order valence-electron chi connectivity index (χ1n) is 12.5. The molecule has 0 bridgehead atoms. The number of carbonyl (C=O) groups excluding carboxylic acids is 2. The summed E-state index contributed by atoms with van der Waals surface area (Å²) in [5, 5.41) is 20.6. The molecule has 12 heteroatoms. The molecule has 1 amide bonds. The normalized spacial score (nSPS) is 12.3. The number of hydrogen-bond donors (Lipinski definition) is 3. The number of nitrogens with one attached hydrogen (secondary N) is 1. The van der Waals surface area contributed by atoms with Gasteiger partial charge in [0, 0.05) is 5.56 Å².